The van der Waals surface area contributed by atoms with Gasteiger partial charge < -0.3 is 9.84 Å². The summed E-state index contributed by atoms with van der Waals surface area (Å²) in [6.45, 7) is 0. The van der Waals surface area contributed by atoms with Gasteiger partial charge in [-0.15, -0.1) is 4.94 Å². The second-order valence-electron chi connectivity index (χ2n) is 2.23. The number of hydrogen-bond donors (Lipinski definition) is 1. The van der Waals surface area contributed by atoms with Gasteiger partial charge in [0.15, 0.2) is 0 Å². The summed E-state index contributed by atoms with van der Waals surface area (Å²) < 4.78 is 16.3. The first-order valence-electron chi connectivity index (χ1n) is 3.36. The number of methoxy groups -OCH3 is 1. The lowest BCUT2D eigenvalue weighted by molar-refractivity contribution is -0.443. The number of halogens is 1. The van der Waals surface area contributed by atoms with Crippen LogP contribution in [-0.4, -0.2) is 12.2 Å². The maximum atomic E-state index is 11.9. The van der Waals surface area contributed by atoms with Crippen LogP contribution in [-0.2, 0) is 15.7 Å². The molecule has 0 saturated heterocycles. The second-order valence-corrected chi connectivity index (χ2v) is 2.23. The van der Waals surface area contributed by atoms with E-state index in [9.17, 15) is 9.63 Å². The van der Waals surface area contributed by atoms with E-state index in [-0.39, 0.29) is 5.56 Å². The van der Waals surface area contributed by atoms with Crippen molar-refractivity contribution < 1.29 is 19.3 Å². The van der Waals surface area contributed by atoms with E-state index in [0.717, 1.165) is 7.11 Å². The fourth-order valence-corrected chi connectivity index (χ4v) is 0.843. The van der Waals surface area contributed by atoms with Crippen LogP contribution in [0.25, 0.3) is 0 Å². The van der Waals surface area contributed by atoms with E-state index in [1.807, 2.05) is 0 Å². The Balaban J connectivity index is 2.95. The van der Waals surface area contributed by atoms with Gasteiger partial charge in [-0.2, -0.15) is 0 Å². The van der Waals surface area contributed by atoms with Crippen molar-refractivity contribution >= 4 is 0 Å². The van der Waals surface area contributed by atoms with Gasteiger partial charge >= 0.3 is 5.97 Å². The average molecular weight is 172 g/mol. The number of aliphatic hydroxyl groups is 1. The molecule has 0 fully saturated rings. The van der Waals surface area contributed by atoms with Crippen LogP contribution >= 0.6 is 0 Å². The molecule has 1 atom stereocenters. The van der Waals surface area contributed by atoms with Crippen LogP contribution in [0.4, 0.5) is 4.53 Å². The van der Waals surface area contributed by atoms with Crippen molar-refractivity contribution in [1.29, 1.82) is 0 Å². The molecule has 0 bridgehead atoms. The minimum Gasteiger partial charge on any atom is -0.337 e. The Kier molecular flexibility index (Phi) is 2.75. The third-order valence-electron chi connectivity index (χ3n) is 1.52. The smallest absolute Gasteiger partial charge is 0.337 e. The SMILES string of the molecule is COC(O)(OF)c1ccccc1. The van der Waals surface area contributed by atoms with Gasteiger partial charge in [0.25, 0.3) is 0 Å². The lowest BCUT2D eigenvalue weighted by atomic mass is 10.2. The van der Waals surface area contributed by atoms with Crippen LogP contribution < -0.4 is 0 Å². The molecule has 1 rings (SSSR count). The summed E-state index contributed by atoms with van der Waals surface area (Å²) in [5.41, 5.74) is 0.204. The van der Waals surface area contributed by atoms with Gasteiger partial charge in [0.2, 0.25) is 0 Å². The highest BCUT2D eigenvalue weighted by atomic mass is 19.3. The molecule has 1 N–H and O–H groups in total. The maximum absolute atomic E-state index is 11.9. The van der Waals surface area contributed by atoms with E-state index in [1.165, 1.54) is 12.1 Å². The molecule has 0 spiro atoms. The highest BCUT2D eigenvalue weighted by molar-refractivity contribution is 5.17. The third-order valence-corrected chi connectivity index (χ3v) is 1.52. The molecule has 1 unspecified atom stereocenters. The molecule has 0 aromatic heterocycles. The molecular formula is C8H9FO3. The summed E-state index contributed by atoms with van der Waals surface area (Å²) in [6, 6.07) is 7.99. The lowest BCUT2D eigenvalue weighted by Gasteiger charge is -2.20. The molecule has 66 valence electrons. The Bertz CT molecular complexity index is 233. The molecule has 0 amide bonds. The van der Waals surface area contributed by atoms with Gasteiger partial charge in [-0.25, -0.2) is 0 Å². The number of hydrogen-bond acceptors (Lipinski definition) is 3. The summed E-state index contributed by atoms with van der Waals surface area (Å²) in [7, 11) is 1.15. The molecule has 12 heavy (non-hydrogen) atoms. The fraction of sp³-hybridized carbons (Fsp3) is 0.250. The van der Waals surface area contributed by atoms with Crippen LogP contribution in [0.2, 0.25) is 0 Å². The van der Waals surface area contributed by atoms with Gasteiger partial charge in [-0.1, -0.05) is 30.3 Å². The minimum absolute atomic E-state index is 0.204. The monoisotopic (exact) mass is 172 g/mol. The Labute approximate surface area is 69.2 Å². The maximum Gasteiger partial charge on any atom is 0.342 e. The Hall–Kier alpha value is -0.970. The third kappa shape index (κ3) is 1.61. The lowest BCUT2D eigenvalue weighted by Crippen LogP contribution is -2.28. The first-order valence-corrected chi connectivity index (χ1v) is 3.36. The second kappa shape index (κ2) is 3.62. The van der Waals surface area contributed by atoms with Crippen molar-refractivity contribution in [3.8, 4) is 0 Å². The van der Waals surface area contributed by atoms with Gasteiger partial charge in [0.05, 0.1) is 0 Å². The molecule has 0 aliphatic heterocycles. The zero-order valence-electron chi connectivity index (χ0n) is 6.53. The first-order chi connectivity index (χ1) is 5.73. The Morgan fingerprint density at radius 3 is 2.33 bits per heavy atom. The summed E-state index contributed by atoms with van der Waals surface area (Å²) >= 11 is 0. The standard InChI is InChI=1S/C8H9FO3/c1-11-8(10,12-9)7-5-3-2-4-6-7/h2-6,10H,1H3. The summed E-state index contributed by atoms with van der Waals surface area (Å²) in [5, 5.41) is 9.28. The Morgan fingerprint density at radius 2 is 1.92 bits per heavy atom. The number of ether oxygens (including phenoxy) is 1. The quantitative estimate of drug-likeness (QED) is 0.699. The largest absolute Gasteiger partial charge is 0.342 e. The molecule has 3 nitrogen and oxygen atoms in total. The number of benzene rings is 1. The highest BCUT2D eigenvalue weighted by Crippen LogP contribution is 2.22. The molecular weight excluding hydrogens is 163 g/mol. The van der Waals surface area contributed by atoms with E-state index < -0.39 is 5.97 Å². The molecule has 1 aromatic rings. The molecule has 0 aliphatic rings. The van der Waals surface area contributed by atoms with E-state index in [1.54, 1.807) is 18.2 Å². The van der Waals surface area contributed by atoms with Crippen molar-refractivity contribution in [2.75, 3.05) is 7.11 Å². The van der Waals surface area contributed by atoms with E-state index >= 15 is 0 Å². The minimum atomic E-state index is -2.29. The van der Waals surface area contributed by atoms with Crippen LogP contribution in [0.5, 0.6) is 0 Å². The highest BCUT2D eigenvalue weighted by Gasteiger charge is 2.31. The van der Waals surface area contributed by atoms with Crippen LogP contribution in [0.3, 0.4) is 0 Å². The predicted molar refractivity (Wildman–Crippen MR) is 39.5 cm³/mol. The zero-order valence-corrected chi connectivity index (χ0v) is 6.53. The molecule has 0 aliphatic carbocycles. The molecule has 0 saturated carbocycles. The fourth-order valence-electron chi connectivity index (χ4n) is 0.843. The van der Waals surface area contributed by atoms with Crippen LogP contribution in [0, 0.1) is 0 Å². The van der Waals surface area contributed by atoms with E-state index in [4.69, 9.17) is 0 Å². The molecule has 0 heterocycles. The Morgan fingerprint density at radius 1 is 1.33 bits per heavy atom. The van der Waals surface area contributed by atoms with Gasteiger partial charge in [0.1, 0.15) is 0 Å². The van der Waals surface area contributed by atoms with Crippen molar-refractivity contribution in [1.82, 2.24) is 0 Å². The predicted octanol–water partition coefficient (Wildman–Crippen LogP) is 1.34. The zero-order chi connectivity index (χ0) is 9.03. The van der Waals surface area contributed by atoms with Crippen molar-refractivity contribution in [2.45, 2.75) is 5.97 Å². The molecule has 0 radical (unpaired) electrons. The van der Waals surface area contributed by atoms with Gasteiger partial charge in [-0.3, -0.25) is 0 Å². The van der Waals surface area contributed by atoms with Crippen molar-refractivity contribution in [3.63, 3.8) is 0 Å². The summed E-state index contributed by atoms with van der Waals surface area (Å²) in [4.78, 5) is 3.31. The van der Waals surface area contributed by atoms with Crippen LogP contribution in [0.1, 0.15) is 5.56 Å². The molecule has 1 aromatic carbocycles. The average Bonchev–Trinajstić information content (AvgIpc) is 2.18. The molecule has 4 heteroatoms. The van der Waals surface area contributed by atoms with Crippen molar-refractivity contribution in [3.05, 3.63) is 35.9 Å². The van der Waals surface area contributed by atoms with Gasteiger partial charge in [0, 0.05) is 12.7 Å². The first kappa shape index (κ1) is 9.12. The topological polar surface area (TPSA) is 38.7 Å². The number of rotatable bonds is 3. The summed E-state index contributed by atoms with van der Waals surface area (Å²) in [6.07, 6.45) is 0. The normalized spacial score (nSPS) is 15.6. The van der Waals surface area contributed by atoms with E-state index in [2.05, 4.69) is 9.68 Å². The summed E-state index contributed by atoms with van der Waals surface area (Å²) in [5.74, 6) is -2.29. The van der Waals surface area contributed by atoms with Crippen molar-refractivity contribution in [2.24, 2.45) is 0 Å². The van der Waals surface area contributed by atoms with E-state index in [0.29, 0.717) is 0 Å². The van der Waals surface area contributed by atoms with Gasteiger partial charge in [-0.05, 0) is 4.53 Å². The van der Waals surface area contributed by atoms with Crippen LogP contribution in [0.15, 0.2) is 30.3 Å².